The lowest BCUT2D eigenvalue weighted by Gasteiger charge is -2.44. The molecule has 0 bridgehead atoms. The van der Waals surface area contributed by atoms with Crippen LogP contribution in [-0.2, 0) is 22.5 Å². The minimum Gasteiger partial charge on any atom is -0.461 e. The lowest BCUT2D eigenvalue weighted by Crippen LogP contribution is -2.65. The Bertz CT molecular complexity index is 1010. The number of rotatable bonds is 7. The van der Waals surface area contributed by atoms with Gasteiger partial charge in [0.05, 0.1) is 13.2 Å². The maximum absolute atomic E-state index is 13.6. The quantitative estimate of drug-likeness (QED) is 0.624. The summed E-state index contributed by atoms with van der Waals surface area (Å²) in [5.41, 5.74) is -0.715. The molecule has 1 aliphatic heterocycles. The zero-order valence-corrected chi connectivity index (χ0v) is 20.3. The normalized spacial score (nSPS) is 24.9. The fourth-order valence-electron chi connectivity index (χ4n) is 4.72. The number of aromatic nitrogens is 2. The molecule has 1 atom stereocenters. The maximum Gasteiger partial charge on any atom is 0.358 e. The first-order chi connectivity index (χ1) is 15.8. The van der Waals surface area contributed by atoms with E-state index in [0.29, 0.717) is 24.6 Å². The van der Waals surface area contributed by atoms with Gasteiger partial charge in [0.2, 0.25) is 5.91 Å². The Hall–Kier alpha value is -2.68. The number of hydrogen-bond donors (Lipinski definition) is 1. The molecule has 1 fully saturated rings. The Morgan fingerprint density at radius 1 is 1.30 bits per heavy atom. The van der Waals surface area contributed by atoms with Crippen LogP contribution in [0, 0.1) is 5.92 Å². The van der Waals surface area contributed by atoms with Crippen LogP contribution in [0.1, 0.15) is 72.3 Å². The van der Waals surface area contributed by atoms with Crippen LogP contribution in [0.15, 0.2) is 23.6 Å². The first-order valence-electron chi connectivity index (χ1n) is 11.7. The Morgan fingerprint density at radius 2 is 2.06 bits per heavy atom. The number of thiophene rings is 1. The third-order valence-corrected chi connectivity index (χ3v) is 7.72. The van der Waals surface area contributed by atoms with E-state index in [-0.39, 0.29) is 36.7 Å². The largest absolute Gasteiger partial charge is 0.461 e. The van der Waals surface area contributed by atoms with Crippen LogP contribution in [0.3, 0.4) is 0 Å². The van der Waals surface area contributed by atoms with Crippen molar-refractivity contribution in [3.8, 4) is 0 Å². The van der Waals surface area contributed by atoms with Crippen LogP contribution in [0.5, 0.6) is 0 Å². The number of amides is 2. The summed E-state index contributed by atoms with van der Waals surface area (Å²) in [7, 11) is 0. The number of fused-ring (bicyclic) bond motifs is 1. The predicted octanol–water partition coefficient (Wildman–Crippen LogP) is 3.27. The summed E-state index contributed by atoms with van der Waals surface area (Å²) in [6.45, 7) is 6.58. The maximum atomic E-state index is 13.6. The van der Waals surface area contributed by atoms with Gasteiger partial charge in [0.15, 0.2) is 5.69 Å². The molecule has 2 aromatic rings. The Labute approximate surface area is 198 Å². The van der Waals surface area contributed by atoms with Crippen molar-refractivity contribution in [1.82, 2.24) is 20.0 Å². The second-order valence-corrected chi connectivity index (χ2v) is 10.3. The zero-order valence-electron chi connectivity index (χ0n) is 19.5. The van der Waals surface area contributed by atoms with Gasteiger partial charge in [0.25, 0.3) is 5.91 Å². The molecule has 8 nitrogen and oxygen atoms in total. The number of esters is 1. The SMILES string of the molecule is CCOC(=O)c1cc2n(n1)CC(C)(C(=O)NC1CCC(C)CC1)N(CCc1cccs1)C2=O. The third kappa shape index (κ3) is 4.83. The van der Waals surface area contributed by atoms with Crippen molar-refractivity contribution in [1.29, 1.82) is 0 Å². The van der Waals surface area contributed by atoms with E-state index >= 15 is 0 Å². The summed E-state index contributed by atoms with van der Waals surface area (Å²) in [6, 6.07) is 5.60. The van der Waals surface area contributed by atoms with Crippen LogP contribution in [-0.4, -0.2) is 57.2 Å². The molecule has 1 aliphatic carbocycles. The van der Waals surface area contributed by atoms with Gasteiger partial charge in [-0.15, -0.1) is 11.3 Å². The molecular formula is C24H32N4O4S. The van der Waals surface area contributed by atoms with Gasteiger partial charge < -0.3 is 15.0 Å². The molecule has 0 radical (unpaired) electrons. The highest BCUT2D eigenvalue weighted by Gasteiger charge is 2.48. The van der Waals surface area contributed by atoms with Crippen molar-refractivity contribution in [3.63, 3.8) is 0 Å². The number of carbonyl (C=O) groups excluding carboxylic acids is 3. The molecule has 1 N–H and O–H groups in total. The average Bonchev–Trinajstić information content (AvgIpc) is 3.45. The van der Waals surface area contributed by atoms with Crippen molar-refractivity contribution in [2.75, 3.05) is 13.2 Å². The van der Waals surface area contributed by atoms with Gasteiger partial charge in [0, 0.05) is 23.5 Å². The molecule has 0 aromatic carbocycles. The minimum absolute atomic E-state index is 0.0873. The molecule has 0 saturated heterocycles. The summed E-state index contributed by atoms with van der Waals surface area (Å²) in [5.74, 6) is -0.351. The second kappa shape index (κ2) is 9.67. The molecule has 178 valence electrons. The highest BCUT2D eigenvalue weighted by atomic mass is 32.1. The van der Waals surface area contributed by atoms with E-state index in [2.05, 4.69) is 17.3 Å². The molecule has 1 saturated carbocycles. The molecule has 4 rings (SSSR count). The molecule has 2 amide bonds. The van der Waals surface area contributed by atoms with Crippen LogP contribution >= 0.6 is 11.3 Å². The van der Waals surface area contributed by atoms with Gasteiger partial charge in [-0.1, -0.05) is 13.0 Å². The predicted molar refractivity (Wildman–Crippen MR) is 125 cm³/mol. The number of hydrogen-bond acceptors (Lipinski definition) is 6. The van der Waals surface area contributed by atoms with Gasteiger partial charge in [0.1, 0.15) is 11.2 Å². The lowest BCUT2D eigenvalue weighted by molar-refractivity contribution is -0.134. The molecular weight excluding hydrogens is 440 g/mol. The number of nitrogens with zero attached hydrogens (tertiary/aromatic N) is 3. The molecule has 33 heavy (non-hydrogen) atoms. The molecule has 2 aromatic heterocycles. The standard InChI is InChI=1S/C24H32N4O4S/c1-4-32-22(30)19-14-20-21(29)27(12-11-18-6-5-13-33-18)24(3,15-28(20)26-19)23(31)25-17-9-7-16(2)8-10-17/h5-6,13-14,16-17H,4,7-12,15H2,1-3H3,(H,25,31). The van der Waals surface area contributed by atoms with E-state index in [1.807, 2.05) is 17.5 Å². The first-order valence-corrected chi connectivity index (χ1v) is 12.6. The van der Waals surface area contributed by atoms with Gasteiger partial charge in [-0.25, -0.2) is 4.79 Å². The minimum atomic E-state index is -1.11. The van der Waals surface area contributed by atoms with Crippen LogP contribution in [0.4, 0.5) is 0 Å². The van der Waals surface area contributed by atoms with E-state index < -0.39 is 11.5 Å². The molecule has 0 spiro atoms. The molecule has 9 heteroatoms. The summed E-state index contributed by atoms with van der Waals surface area (Å²) >= 11 is 1.63. The fourth-order valence-corrected chi connectivity index (χ4v) is 5.42. The van der Waals surface area contributed by atoms with E-state index in [0.717, 1.165) is 30.6 Å². The second-order valence-electron chi connectivity index (χ2n) is 9.28. The van der Waals surface area contributed by atoms with E-state index in [1.54, 1.807) is 30.1 Å². The highest BCUT2D eigenvalue weighted by Crippen LogP contribution is 2.30. The summed E-state index contributed by atoms with van der Waals surface area (Å²) < 4.78 is 6.54. The van der Waals surface area contributed by atoms with Crippen molar-refractivity contribution in [2.45, 2.75) is 71.0 Å². The van der Waals surface area contributed by atoms with Gasteiger partial charge >= 0.3 is 5.97 Å². The number of ether oxygens (including phenoxy) is 1. The molecule has 1 unspecified atom stereocenters. The van der Waals surface area contributed by atoms with E-state index in [9.17, 15) is 14.4 Å². The van der Waals surface area contributed by atoms with E-state index in [4.69, 9.17) is 4.74 Å². The van der Waals surface area contributed by atoms with Gasteiger partial charge in [-0.05, 0) is 63.3 Å². The monoisotopic (exact) mass is 472 g/mol. The summed E-state index contributed by atoms with van der Waals surface area (Å²) in [5, 5.41) is 9.53. The lowest BCUT2D eigenvalue weighted by atomic mass is 9.86. The van der Waals surface area contributed by atoms with Crippen LogP contribution in [0.2, 0.25) is 0 Å². The third-order valence-electron chi connectivity index (χ3n) is 6.78. The summed E-state index contributed by atoms with van der Waals surface area (Å²) in [6.07, 6.45) is 4.74. The average molecular weight is 473 g/mol. The van der Waals surface area contributed by atoms with Crippen LogP contribution in [0.25, 0.3) is 0 Å². The van der Waals surface area contributed by atoms with Gasteiger partial charge in [-0.3, -0.25) is 14.3 Å². The Balaban J connectivity index is 1.61. The zero-order chi connectivity index (χ0) is 23.6. The fraction of sp³-hybridized carbons (Fsp3) is 0.583. The van der Waals surface area contributed by atoms with E-state index in [1.165, 1.54) is 10.7 Å². The molecule has 3 heterocycles. The smallest absolute Gasteiger partial charge is 0.358 e. The first kappa shape index (κ1) is 23.5. The van der Waals surface area contributed by atoms with Gasteiger partial charge in [-0.2, -0.15) is 5.10 Å². The van der Waals surface area contributed by atoms with Crippen molar-refractivity contribution in [2.24, 2.45) is 5.92 Å². The van der Waals surface area contributed by atoms with Crippen molar-refractivity contribution in [3.05, 3.63) is 39.8 Å². The number of nitrogens with one attached hydrogen (secondary N) is 1. The number of carbonyl (C=O) groups is 3. The Kier molecular flexibility index (Phi) is 6.88. The Morgan fingerprint density at radius 3 is 2.73 bits per heavy atom. The van der Waals surface area contributed by atoms with Crippen molar-refractivity contribution >= 4 is 29.1 Å². The van der Waals surface area contributed by atoms with Crippen molar-refractivity contribution < 1.29 is 19.1 Å². The highest BCUT2D eigenvalue weighted by molar-refractivity contribution is 7.09. The van der Waals surface area contributed by atoms with Crippen LogP contribution < -0.4 is 5.32 Å². The molecule has 2 aliphatic rings. The topological polar surface area (TPSA) is 93.5 Å². The summed E-state index contributed by atoms with van der Waals surface area (Å²) in [4.78, 5) is 42.2.